The quantitative estimate of drug-likeness (QED) is 0.460. The molecule has 10 nitrogen and oxygen atoms in total. The molecule has 0 fully saturated rings. The number of carbonyl (C=O) groups excluding carboxylic acids is 1. The van der Waals surface area contributed by atoms with Crippen LogP contribution in [0.5, 0.6) is 0 Å². The number of nitrogens with two attached hydrogens (primary N) is 1. The number of amides is 1. The van der Waals surface area contributed by atoms with Crippen LogP contribution in [0.3, 0.4) is 0 Å². The topological polar surface area (TPSA) is 133 Å². The van der Waals surface area contributed by atoms with Crippen LogP contribution < -0.4 is 21.9 Å². The van der Waals surface area contributed by atoms with Crippen molar-refractivity contribution in [2.75, 3.05) is 37.6 Å². The maximum absolute atomic E-state index is 12.9. The number of nitrogens with zero attached hydrogens (tertiary/aromatic N) is 2. The summed E-state index contributed by atoms with van der Waals surface area (Å²) in [4.78, 5) is 41.4. The number of aromatic amines is 1. The zero-order valence-electron chi connectivity index (χ0n) is 17.1. The van der Waals surface area contributed by atoms with Crippen molar-refractivity contribution in [1.82, 2.24) is 9.55 Å². The van der Waals surface area contributed by atoms with Crippen LogP contribution in [0.25, 0.3) is 0 Å². The Hall–Kier alpha value is -3.63. The van der Waals surface area contributed by atoms with Gasteiger partial charge in [-0.1, -0.05) is 30.3 Å². The van der Waals surface area contributed by atoms with Gasteiger partial charge in [0.25, 0.3) is 11.5 Å². The first kappa shape index (κ1) is 22.1. The van der Waals surface area contributed by atoms with Gasteiger partial charge in [-0.15, -0.1) is 0 Å². The van der Waals surface area contributed by atoms with Gasteiger partial charge in [-0.3, -0.25) is 24.0 Å². The molecule has 3 N–H and O–H groups in total. The van der Waals surface area contributed by atoms with E-state index in [-0.39, 0.29) is 37.8 Å². The number of methoxy groups -OCH3 is 1. The molecule has 164 valence electrons. The van der Waals surface area contributed by atoms with Crippen molar-refractivity contribution >= 4 is 17.4 Å². The van der Waals surface area contributed by atoms with E-state index in [9.17, 15) is 14.4 Å². The smallest absolute Gasteiger partial charge is 0.330 e. The predicted molar refractivity (Wildman–Crippen MR) is 114 cm³/mol. The van der Waals surface area contributed by atoms with E-state index < -0.39 is 17.2 Å². The lowest BCUT2D eigenvalue weighted by Crippen LogP contribution is -2.42. The van der Waals surface area contributed by atoms with Gasteiger partial charge < -0.3 is 19.6 Å². The maximum atomic E-state index is 12.9. The number of rotatable bonds is 10. The Labute approximate surface area is 177 Å². The highest BCUT2D eigenvalue weighted by molar-refractivity contribution is 5.96. The number of nitrogen functional groups attached to an aromatic ring is 1. The molecule has 0 unspecified atom stereocenters. The van der Waals surface area contributed by atoms with Crippen LogP contribution in [-0.2, 0) is 27.4 Å². The first-order valence-corrected chi connectivity index (χ1v) is 9.57. The molecule has 0 atom stereocenters. The van der Waals surface area contributed by atoms with Gasteiger partial charge in [-0.2, -0.15) is 0 Å². The molecule has 0 spiro atoms. The van der Waals surface area contributed by atoms with Gasteiger partial charge in [0.2, 0.25) is 0 Å². The van der Waals surface area contributed by atoms with E-state index in [1.807, 2.05) is 30.3 Å². The number of aromatic nitrogens is 2. The summed E-state index contributed by atoms with van der Waals surface area (Å²) in [6, 6.07) is 12.5. The molecule has 1 amide bonds. The summed E-state index contributed by atoms with van der Waals surface area (Å²) < 4.78 is 16.8. The Kier molecular flexibility index (Phi) is 7.41. The van der Waals surface area contributed by atoms with Gasteiger partial charge in [-0.05, 0) is 17.7 Å². The van der Waals surface area contributed by atoms with Gasteiger partial charge >= 0.3 is 5.69 Å². The second-order valence-electron chi connectivity index (χ2n) is 6.67. The fourth-order valence-corrected chi connectivity index (χ4v) is 2.99. The van der Waals surface area contributed by atoms with Crippen LogP contribution in [0, 0.1) is 0 Å². The Morgan fingerprint density at radius 3 is 2.61 bits per heavy atom. The minimum atomic E-state index is -0.774. The highest BCUT2D eigenvalue weighted by Crippen LogP contribution is 2.21. The van der Waals surface area contributed by atoms with E-state index in [1.165, 1.54) is 17.9 Å². The van der Waals surface area contributed by atoms with Crippen LogP contribution in [0.1, 0.15) is 11.3 Å². The fourth-order valence-electron chi connectivity index (χ4n) is 2.99. The highest BCUT2D eigenvalue weighted by atomic mass is 16.5. The van der Waals surface area contributed by atoms with Crippen LogP contribution in [-0.4, -0.2) is 42.4 Å². The average Bonchev–Trinajstić information content (AvgIpc) is 3.27. The number of furan rings is 1. The molecule has 0 aliphatic rings. The number of benzene rings is 1. The Morgan fingerprint density at radius 1 is 1.16 bits per heavy atom. The predicted octanol–water partition coefficient (Wildman–Crippen LogP) is 0.956. The summed E-state index contributed by atoms with van der Waals surface area (Å²) in [6.07, 6.45) is 1.46. The highest BCUT2D eigenvalue weighted by Gasteiger charge is 2.25. The molecule has 0 radical (unpaired) electrons. The lowest BCUT2D eigenvalue weighted by Gasteiger charge is -2.23. The monoisotopic (exact) mass is 428 g/mol. The van der Waals surface area contributed by atoms with E-state index in [0.717, 1.165) is 10.5 Å². The van der Waals surface area contributed by atoms with E-state index in [4.69, 9.17) is 19.6 Å². The second-order valence-corrected chi connectivity index (χ2v) is 6.67. The van der Waals surface area contributed by atoms with Crippen molar-refractivity contribution in [3.63, 3.8) is 0 Å². The summed E-state index contributed by atoms with van der Waals surface area (Å²) in [5.74, 6) is -0.214. The third kappa shape index (κ3) is 5.50. The normalized spacial score (nSPS) is 10.9. The lowest BCUT2D eigenvalue weighted by molar-refractivity contribution is -0.123. The molecule has 0 saturated heterocycles. The van der Waals surface area contributed by atoms with E-state index in [2.05, 4.69) is 4.98 Å². The van der Waals surface area contributed by atoms with Gasteiger partial charge in [0.05, 0.1) is 32.6 Å². The summed E-state index contributed by atoms with van der Waals surface area (Å²) in [6.45, 7) is 0.284. The van der Waals surface area contributed by atoms with Gasteiger partial charge in [0.1, 0.15) is 18.2 Å². The minimum Gasteiger partial charge on any atom is -0.467 e. The second kappa shape index (κ2) is 10.4. The molecular formula is C21H24N4O6. The van der Waals surface area contributed by atoms with Crippen LogP contribution in [0.4, 0.5) is 11.5 Å². The number of nitrogens with one attached hydrogen (secondary N) is 1. The molecule has 0 aliphatic heterocycles. The summed E-state index contributed by atoms with van der Waals surface area (Å²) in [5, 5.41) is 0. The molecule has 10 heteroatoms. The Balaban J connectivity index is 1.98. The average molecular weight is 428 g/mol. The maximum Gasteiger partial charge on any atom is 0.330 e. The molecule has 31 heavy (non-hydrogen) atoms. The Bertz CT molecular complexity index is 1110. The molecule has 0 saturated carbocycles. The number of anilines is 2. The zero-order valence-corrected chi connectivity index (χ0v) is 17.1. The largest absolute Gasteiger partial charge is 0.467 e. The van der Waals surface area contributed by atoms with Crippen LogP contribution in [0.2, 0.25) is 0 Å². The van der Waals surface area contributed by atoms with Crippen molar-refractivity contribution in [3.05, 3.63) is 80.9 Å². The number of H-pyrrole nitrogens is 1. The molecule has 0 aliphatic carbocycles. The fraction of sp³-hybridized carbons (Fsp3) is 0.286. The van der Waals surface area contributed by atoms with E-state index >= 15 is 0 Å². The van der Waals surface area contributed by atoms with Crippen molar-refractivity contribution < 1.29 is 18.7 Å². The molecule has 1 aromatic carbocycles. The molecular weight excluding hydrogens is 404 g/mol. The standard InChI is InChI=1S/C21H24N4O6/c1-29-10-11-30-14-17(26)24(13-16-8-5-9-31-16)18-19(22)25(21(28)23-20(18)27)12-15-6-3-2-4-7-15/h2-9H,10-14,22H2,1H3,(H,23,27,28). The van der Waals surface area contributed by atoms with Crippen molar-refractivity contribution in [3.8, 4) is 0 Å². The zero-order chi connectivity index (χ0) is 22.2. The van der Waals surface area contributed by atoms with Crippen molar-refractivity contribution in [1.29, 1.82) is 0 Å². The van der Waals surface area contributed by atoms with Crippen molar-refractivity contribution in [2.24, 2.45) is 0 Å². The summed E-state index contributed by atoms with van der Waals surface area (Å²) in [7, 11) is 1.52. The first-order chi connectivity index (χ1) is 15.0. The molecule has 2 aromatic heterocycles. The summed E-state index contributed by atoms with van der Waals surface area (Å²) in [5.41, 5.74) is 5.45. The summed E-state index contributed by atoms with van der Waals surface area (Å²) >= 11 is 0. The molecule has 3 rings (SSSR count). The first-order valence-electron chi connectivity index (χ1n) is 9.57. The molecule has 2 heterocycles. The third-order valence-corrected chi connectivity index (χ3v) is 4.52. The third-order valence-electron chi connectivity index (χ3n) is 4.52. The van der Waals surface area contributed by atoms with Crippen LogP contribution in [0.15, 0.2) is 62.7 Å². The van der Waals surface area contributed by atoms with Gasteiger partial charge in [0.15, 0.2) is 5.69 Å². The van der Waals surface area contributed by atoms with Crippen molar-refractivity contribution in [2.45, 2.75) is 13.1 Å². The van der Waals surface area contributed by atoms with E-state index in [0.29, 0.717) is 12.4 Å². The molecule has 3 aromatic rings. The minimum absolute atomic E-state index is 0.0592. The SMILES string of the molecule is COCCOCC(=O)N(Cc1ccco1)c1c(N)n(Cc2ccccc2)c(=O)[nH]c1=O. The number of hydrogen-bond acceptors (Lipinski definition) is 7. The van der Waals surface area contributed by atoms with E-state index in [1.54, 1.807) is 12.1 Å². The number of ether oxygens (including phenoxy) is 2. The van der Waals surface area contributed by atoms with Crippen LogP contribution >= 0.6 is 0 Å². The lowest BCUT2D eigenvalue weighted by atomic mass is 10.2. The van der Waals surface area contributed by atoms with Gasteiger partial charge in [-0.25, -0.2) is 4.79 Å². The molecule has 0 bridgehead atoms. The Morgan fingerprint density at radius 2 is 1.94 bits per heavy atom. The number of hydrogen-bond donors (Lipinski definition) is 2. The van der Waals surface area contributed by atoms with Gasteiger partial charge in [0, 0.05) is 7.11 Å². The number of carbonyl (C=O) groups is 1.